The highest BCUT2D eigenvalue weighted by Gasteiger charge is 2.44. The minimum Gasteiger partial charge on any atom is -0.462 e. The molecule has 1 saturated heterocycles. The van der Waals surface area contributed by atoms with Gasteiger partial charge in [-0.05, 0) is 25.7 Å². The maximum atomic E-state index is 12.7. The van der Waals surface area contributed by atoms with Gasteiger partial charge in [-0.15, -0.1) is 6.58 Å². The predicted molar refractivity (Wildman–Crippen MR) is 183 cm³/mol. The van der Waals surface area contributed by atoms with E-state index in [-0.39, 0.29) is 32.0 Å². The number of allylic oxidation sites excluding steroid dienone is 1. The lowest BCUT2D eigenvalue weighted by Crippen LogP contribution is -2.59. The monoisotopic (exact) mass is 672 g/mol. The van der Waals surface area contributed by atoms with Crippen molar-refractivity contribution in [2.45, 2.75) is 191 Å². The first-order chi connectivity index (χ1) is 22.8. The number of ether oxygens (including phenoxy) is 4. The molecule has 0 aromatic carbocycles. The second kappa shape index (κ2) is 29.4. The molecule has 276 valence electrons. The van der Waals surface area contributed by atoms with Crippen molar-refractivity contribution in [3.05, 3.63) is 12.7 Å². The van der Waals surface area contributed by atoms with Crippen LogP contribution in [0.5, 0.6) is 0 Å². The normalized spacial score (nSPS) is 21.8. The zero-order valence-corrected chi connectivity index (χ0v) is 29.4. The van der Waals surface area contributed by atoms with Crippen LogP contribution in [0.2, 0.25) is 0 Å². The summed E-state index contributed by atoms with van der Waals surface area (Å²) in [6.07, 6.45) is 18.5. The molecule has 0 spiro atoms. The van der Waals surface area contributed by atoms with Gasteiger partial charge in [0.15, 0.2) is 12.4 Å². The quantitative estimate of drug-likeness (QED) is 0.0368. The Morgan fingerprint density at radius 2 is 1.17 bits per heavy atom. The Bertz CT molecular complexity index is 776. The number of carbonyl (C=O) groups is 2. The molecule has 0 aromatic rings. The lowest BCUT2D eigenvalue weighted by molar-refractivity contribution is -0.305. The molecule has 10 nitrogen and oxygen atoms in total. The molecular weight excluding hydrogens is 604 g/mol. The molecule has 0 aliphatic carbocycles. The SMILES string of the molecule is C=CCCCCCCCCCCCCCCCC(=O)O[C@H](COC(=O)CCCCCCCCC)CO[C@H]1O[C@@H](CO)[C@@H](O)C(O)C1O. The first kappa shape index (κ1) is 43.5. The zero-order valence-electron chi connectivity index (χ0n) is 29.4. The fourth-order valence-corrected chi connectivity index (χ4v) is 5.76. The number of hydrogen-bond acceptors (Lipinski definition) is 10. The van der Waals surface area contributed by atoms with E-state index in [1.54, 1.807) is 0 Å². The number of esters is 2. The summed E-state index contributed by atoms with van der Waals surface area (Å²) in [4.78, 5) is 25.0. The van der Waals surface area contributed by atoms with Gasteiger partial charge in [-0.2, -0.15) is 0 Å². The van der Waals surface area contributed by atoms with E-state index >= 15 is 0 Å². The fourth-order valence-electron chi connectivity index (χ4n) is 5.76. The van der Waals surface area contributed by atoms with Gasteiger partial charge in [0.1, 0.15) is 31.0 Å². The van der Waals surface area contributed by atoms with Crippen molar-refractivity contribution < 1.29 is 49.0 Å². The van der Waals surface area contributed by atoms with Crippen LogP contribution >= 0.6 is 0 Å². The van der Waals surface area contributed by atoms with Crippen molar-refractivity contribution in [2.75, 3.05) is 19.8 Å². The van der Waals surface area contributed by atoms with E-state index in [1.165, 1.54) is 77.0 Å². The number of unbranched alkanes of at least 4 members (excludes halogenated alkanes) is 19. The van der Waals surface area contributed by atoms with E-state index in [9.17, 15) is 30.0 Å². The Labute approximate surface area is 284 Å². The summed E-state index contributed by atoms with van der Waals surface area (Å²) in [5.41, 5.74) is 0. The highest BCUT2D eigenvalue weighted by molar-refractivity contribution is 5.70. The largest absolute Gasteiger partial charge is 0.462 e. The summed E-state index contributed by atoms with van der Waals surface area (Å²) >= 11 is 0. The molecule has 10 heteroatoms. The van der Waals surface area contributed by atoms with E-state index in [0.29, 0.717) is 6.42 Å². The van der Waals surface area contributed by atoms with Crippen molar-refractivity contribution in [3.8, 4) is 0 Å². The van der Waals surface area contributed by atoms with Gasteiger partial charge in [-0.3, -0.25) is 9.59 Å². The maximum absolute atomic E-state index is 12.7. The maximum Gasteiger partial charge on any atom is 0.306 e. The number of hydrogen-bond donors (Lipinski definition) is 4. The van der Waals surface area contributed by atoms with Gasteiger partial charge in [-0.1, -0.05) is 122 Å². The third-order valence-corrected chi connectivity index (χ3v) is 8.80. The second-order valence-electron chi connectivity index (χ2n) is 13.1. The number of rotatable bonds is 31. The topological polar surface area (TPSA) is 152 Å². The molecule has 0 radical (unpaired) electrons. The molecule has 1 aliphatic heterocycles. The van der Waals surface area contributed by atoms with Crippen LogP contribution in [-0.2, 0) is 28.5 Å². The van der Waals surface area contributed by atoms with Crippen LogP contribution in [0.3, 0.4) is 0 Å². The Kier molecular flexibility index (Phi) is 27.2. The first-order valence-corrected chi connectivity index (χ1v) is 18.7. The van der Waals surface area contributed by atoms with E-state index in [0.717, 1.165) is 51.4 Å². The van der Waals surface area contributed by atoms with E-state index in [4.69, 9.17) is 18.9 Å². The van der Waals surface area contributed by atoms with E-state index < -0.39 is 49.4 Å². The van der Waals surface area contributed by atoms with Gasteiger partial charge in [0.25, 0.3) is 0 Å². The number of aliphatic hydroxyl groups is 4. The number of carbonyl (C=O) groups excluding carboxylic acids is 2. The summed E-state index contributed by atoms with van der Waals surface area (Å²) in [5.74, 6) is -0.813. The van der Waals surface area contributed by atoms with Crippen LogP contribution in [0.1, 0.15) is 155 Å². The Morgan fingerprint density at radius 3 is 1.68 bits per heavy atom. The van der Waals surface area contributed by atoms with Crippen LogP contribution in [0.4, 0.5) is 0 Å². The molecular formula is C37H68O10. The van der Waals surface area contributed by atoms with Crippen LogP contribution in [0.15, 0.2) is 12.7 Å². The van der Waals surface area contributed by atoms with E-state index in [2.05, 4.69) is 13.5 Å². The molecule has 6 atom stereocenters. The number of aliphatic hydroxyl groups excluding tert-OH is 4. The van der Waals surface area contributed by atoms with Gasteiger partial charge in [0, 0.05) is 12.8 Å². The van der Waals surface area contributed by atoms with Crippen molar-refractivity contribution in [3.63, 3.8) is 0 Å². The Hall–Kier alpha value is -1.56. The summed E-state index contributed by atoms with van der Waals surface area (Å²) in [7, 11) is 0. The van der Waals surface area contributed by atoms with Gasteiger partial charge >= 0.3 is 11.9 Å². The summed E-state index contributed by atoms with van der Waals surface area (Å²) in [6, 6.07) is 0. The van der Waals surface area contributed by atoms with Crippen LogP contribution < -0.4 is 0 Å². The van der Waals surface area contributed by atoms with E-state index in [1.807, 2.05) is 6.08 Å². The van der Waals surface area contributed by atoms with Gasteiger partial charge in [0.05, 0.1) is 13.2 Å². The fraction of sp³-hybridized carbons (Fsp3) is 0.892. The van der Waals surface area contributed by atoms with Crippen molar-refractivity contribution >= 4 is 11.9 Å². The third-order valence-electron chi connectivity index (χ3n) is 8.80. The minimum atomic E-state index is -1.59. The van der Waals surface area contributed by atoms with Gasteiger partial charge in [0.2, 0.25) is 0 Å². The molecule has 0 amide bonds. The first-order valence-electron chi connectivity index (χ1n) is 18.7. The average Bonchev–Trinajstić information content (AvgIpc) is 3.06. The highest BCUT2D eigenvalue weighted by Crippen LogP contribution is 2.22. The lowest BCUT2D eigenvalue weighted by atomic mass is 9.99. The Balaban J connectivity index is 2.36. The molecule has 1 rings (SSSR count). The molecule has 1 heterocycles. The van der Waals surface area contributed by atoms with Gasteiger partial charge in [-0.25, -0.2) is 0 Å². The van der Waals surface area contributed by atoms with Crippen molar-refractivity contribution in [1.82, 2.24) is 0 Å². The summed E-state index contributed by atoms with van der Waals surface area (Å²) in [5, 5.41) is 39.8. The average molecular weight is 673 g/mol. The Morgan fingerprint density at radius 1 is 0.681 bits per heavy atom. The van der Waals surface area contributed by atoms with Crippen molar-refractivity contribution in [1.29, 1.82) is 0 Å². The molecule has 47 heavy (non-hydrogen) atoms. The molecule has 1 aliphatic rings. The molecule has 0 saturated carbocycles. The third kappa shape index (κ3) is 21.9. The minimum absolute atomic E-state index is 0.214. The van der Waals surface area contributed by atoms with Crippen LogP contribution in [0.25, 0.3) is 0 Å². The summed E-state index contributed by atoms with van der Waals surface area (Å²) in [6.45, 7) is 4.87. The molecule has 2 unspecified atom stereocenters. The van der Waals surface area contributed by atoms with Crippen LogP contribution in [-0.4, -0.2) is 89.0 Å². The highest BCUT2D eigenvalue weighted by atomic mass is 16.7. The summed E-state index contributed by atoms with van der Waals surface area (Å²) < 4.78 is 22.0. The van der Waals surface area contributed by atoms with Crippen LogP contribution in [0, 0.1) is 0 Å². The smallest absolute Gasteiger partial charge is 0.306 e. The molecule has 0 bridgehead atoms. The van der Waals surface area contributed by atoms with Gasteiger partial charge < -0.3 is 39.4 Å². The molecule has 1 fully saturated rings. The standard InChI is InChI=1S/C37H68O10/c1-3-5-7-9-11-12-13-14-15-16-17-18-20-22-24-26-33(40)46-30(28-44-32(39)25-23-21-19-10-8-6-4-2)29-45-37-36(43)35(42)34(41)31(27-38)47-37/h3,30-31,34-38,41-43H,1,4-29H2,2H3/t30-,31+,34-,35?,36?,37+/m1/s1. The van der Waals surface area contributed by atoms with Crippen molar-refractivity contribution in [2.24, 2.45) is 0 Å². The lowest BCUT2D eigenvalue weighted by Gasteiger charge is -2.39. The second-order valence-corrected chi connectivity index (χ2v) is 13.1. The zero-order chi connectivity index (χ0) is 34.5. The molecule has 0 aromatic heterocycles. The predicted octanol–water partition coefficient (Wildman–Crippen LogP) is 6.44. The molecule has 4 N–H and O–H groups in total.